The number of hydrogen-bond acceptors (Lipinski definition) is 3. The summed E-state index contributed by atoms with van der Waals surface area (Å²) in [5, 5.41) is 17.7. The van der Waals surface area contributed by atoms with Gasteiger partial charge in [-0.25, -0.2) is 4.79 Å². The zero-order chi connectivity index (χ0) is 21.3. The van der Waals surface area contributed by atoms with Crippen LogP contribution in [0.15, 0.2) is 83.0 Å². The summed E-state index contributed by atoms with van der Waals surface area (Å²) in [6.45, 7) is 6.62. The van der Waals surface area contributed by atoms with Gasteiger partial charge in [-0.15, -0.1) is 0 Å². The molecule has 1 N–H and O–H groups in total. The van der Waals surface area contributed by atoms with Gasteiger partial charge in [0.15, 0.2) is 0 Å². The lowest BCUT2D eigenvalue weighted by atomic mass is 9.72. The first kappa shape index (κ1) is 19.8. The Morgan fingerprint density at radius 2 is 1.53 bits per heavy atom. The predicted molar refractivity (Wildman–Crippen MR) is 120 cm³/mol. The van der Waals surface area contributed by atoms with E-state index in [1.165, 1.54) is 40.0 Å². The number of benzene rings is 3. The summed E-state index contributed by atoms with van der Waals surface area (Å²) >= 11 is 0. The van der Waals surface area contributed by atoms with Crippen LogP contribution in [0.5, 0.6) is 0 Å². The van der Waals surface area contributed by atoms with E-state index in [0.717, 1.165) is 12.1 Å². The van der Waals surface area contributed by atoms with Crippen molar-refractivity contribution in [3.8, 4) is 0 Å². The van der Waals surface area contributed by atoms with E-state index in [-0.39, 0.29) is 11.0 Å². The lowest BCUT2D eigenvalue weighted by Crippen LogP contribution is -2.21. The number of hydrogen-bond donors (Lipinski definition) is 1. The number of carboxylic acid groups (broad SMARTS) is 1. The van der Waals surface area contributed by atoms with E-state index in [0.29, 0.717) is 5.69 Å². The van der Waals surface area contributed by atoms with E-state index < -0.39 is 5.97 Å². The van der Waals surface area contributed by atoms with E-state index in [9.17, 15) is 4.79 Å². The van der Waals surface area contributed by atoms with Crippen LogP contribution < -0.4 is 0 Å². The Hall–Kier alpha value is -3.53. The Labute approximate surface area is 176 Å². The van der Waals surface area contributed by atoms with Crippen LogP contribution in [-0.2, 0) is 5.41 Å². The van der Waals surface area contributed by atoms with Crippen molar-refractivity contribution in [3.05, 3.63) is 101 Å². The highest BCUT2D eigenvalue weighted by atomic mass is 16.4. The number of aromatic carboxylic acids is 1. The van der Waals surface area contributed by atoms with E-state index >= 15 is 0 Å². The van der Waals surface area contributed by atoms with Gasteiger partial charge in [0.25, 0.3) is 0 Å². The van der Waals surface area contributed by atoms with E-state index in [1.807, 2.05) is 6.07 Å². The molecule has 0 bridgehead atoms. The monoisotopic (exact) mass is 396 g/mol. The third-order valence-electron chi connectivity index (χ3n) is 5.60. The molecule has 0 aromatic heterocycles. The van der Waals surface area contributed by atoms with Gasteiger partial charge >= 0.3 is 5.97 Å². The van der Waals surface area contributed by atoms with E-state index in [4.69, 9.17) is 5.11 Å². The van der Waals surface area contributed by atoms with Crippen LogP contribution in [0.3, 0.4) is 0 Å². The summed E-state index contributed by atoms with van der Waals surface area (Å²) in [5.74, 6) is -0.953. The first-order valence-electron chi connectivity index (χ1n) is 10.0. The van der Waals surface area contributed by atoms with Gasteiger partial charge in [-0.05, 0) is 77.4 Å². The second-order valence-electron chi connectivity index (χ2n) is 8.35. The summed E-state index contributed by atoms with van der Waals surface area (Å²) in [4.78, 5) is 11.0. The Bertz CT molecular complexity index is 1150. The van der Waals surface area contributed by atoms with Gasteiger partial charge < -0.3 is 5.11 Å². The quantitative estimate of drug-likeness (QED) is 0.473. The molecule has 0 unspecified atom stereocenters. The average Bonchev–Trinajstić information content (AvgIpc) is 2.73. The fourth-order valence-electron chi connectivity index (χ4n) is 3.78. The molecule has 0 spiro atoms. The molecule has 4 rings (SSSR count). The molecule has 1 aliphatic carbocycles. The van der Waals surface area contributed by atoms with Gasteiger partial charge in [0.05, 0.1) is 16.9 Å². The fourth-order valence-corrected chi connectivity index (χ4v) is 3.78. The molecule has 0 amide bonds. The number of aryl methyl sites for hydroxylation is 1. The summed E-state index contributed by atoms with van der Waals surface area (Å²) in [7, 11) is 0. The molecule has 4 nitrogen and oxygen atoms in total. The SMILES string of the molecule is Cc1ccc(C2=CCC(C)(C)c3ccc(/N=N/c4ccc(C(=O)O)cc4)cc32)cc1. The molecule has 30 heavy (non-hydrogen) atoms. The first-order valence-corrected chi connectivity index (χ1v) is 10.0. The van der Waals surface area contributed by atoms with Crippen LogP contribution in [0.2, 0.25) is 0 Å². The second kappa shape index (κ2) is 7.71. The minimum absolute atomic E-state index is 0.0614. The molecule has 0 saturated heterocycles. The molecule has 0 radical (unpaired) electrons. The maximum absolute atomic E-state index is 11.0. The van der Waals surface area contributed by atoms with Gasteiger partial charge in [-0.2, -0.15) is 10.2 Å². The highest BCUT2D eigenvalue weighted by Gasteiger charge is 2.28. The molecule has 0 heterocycles. The minimum Gasteiger partial charge on any atom is -0.478 e. The number of azo groups is 1. The van der Waals surface area contributed by atoms with Gasteiger partial charge in [-0.1, -0.05) is 55.8 Å². The second-order valence-corrected chi connectivity index (χ2v) is 8.35. The van der Waals surface area contributed by atoms with E-state index in [1.54, 1.807) is 12.1 Å². The van der Waals surface area contributed by atoms with Crippen LogP contribution in [0.25, 0.3) is 5.57 Å². The van der Waals surface area contributed by atoms with Crippen LogP contribution in [0.4, 0.5) is 11.4 Å². The van der Waals surface area contributed by atoms with Crippen molar-refractivity contribution in [3.63, 3.8) is 0 Å². The molecule has 150 valence electrons. The summed E-state index contributed by atoms with van der Waals surface area (Å²) in [6.07, 6.45) is 3.30. The van der Waals surface area contributed by atoms with Gasteiger partial charge in [0.2, 0.25) is 0 Å². The van der Waals surface area contributed by atoms with Crippen molar-refractivity contribution in [2.24, 2.45) is 10.2 Å². The lowest BCUT2D eigenvalue weighted by molar-refractivity contribution is 0.0697. The van der Waals surface area contributed by atoms with Crippen molar-refractivity contribution in [2.45, 2.75) is 32.6 Å². The normalized spacial score (nSPS) is 15.0. The van der Waals surface area contributed by atoms with Crippen molar-refractivity contribution >= 4 is 22.9 Å². The molecule has 3 aromatic carbocycles. The molecule has 0 aliphatic heterocycles. The standard InChI is InChI=1S/C26H24N2O2/c1-17-4-6-18(7-5-17)22-14-15-26(2,3)24-13-12-21(16-23(22)24)28-27-20-10-8-19(9-11-20)25(29)30/h4-14,16H,15H2,1-3H3,(H,29,30)/b28-27+. The van der Waals surface area contributed by atoms with Gasteiger partial charge in [-0.3, -0.25) is 0 Å². The lowest BCUT2D eigenvalue weighted by Gasteiger charge is -2.32. The molecule has 3 aromatic rings. The zero-order valence-corrected chi connectivity index (χ0v) is 17.4. The number of fused-ring (bicyclic) bond motifs is 1. The van der Waals surface area contributed by atoms with Crippen molar-refractivity contribution in [1.82, 2.24) is 0 Å². The summed E-state index contributed by atoms with van der Waals surface area (Å²) in [5.41, 5.74) is 7.86. The number of nitrogens with zero attached hydrogens (tertiary/aromatic N) is 2. The van der Waals surface area contributed by atoms with Crippen LogP contribution in [0.1, 0.15) is 52.9 Å². The maximum atomic E-state index is 11.0. The highest BCUT2D eigenvalue weighted by Crippen LogP contribution is 2.42. The van der Waals surface area contributed by atoms with Gasteiger partial charge in [0.1, 0.15) is 0 Å². The third-order valence-corrected chi connectivity index (χ3v) is 5.60. The number of rotatable bonds is 4. The Morgan fingerprint density at radius 1 is 0.900 bits per heavy atom. The molecular formula is C26H24N2O2. The Balaban J connectivity index is 1.69. The maximum Gasteiger partial charge on any atom is 0.335 e. The average molecular weight is 396 g/mol. The highest BCUT2D eigenvalue weighted by molar-refractivity contribution is 5.88. The topological polar surface area (TPSA) is 62.0 Å². The molecule has 0 saturated carbocycles. The number of carbonyl (C=O) groups is 1. The fraction of sp³-hybridized carbons (Fsp3) is 0.192. The predicted octanol–water partition coefficient (Wildman–Crippen LogP) is 7.22. The molecular weight excluding hydrogens is 372 g/mol. The number of allylic oxidation sites excluding steroid dienone is 1. The van der Waals surface area contributed by atoms with Crippen molar-refractivity contribution in [1.29, 1.82) is 0 Å². The van der Waals surface area contributed by atoms with Crippen molar-refractivity contribution < 1.29 is 9.90 Å². The Kier molecular flexibility index (Phi) is 5.08. The van der Waals surface area contributed by atoms with Crippen molar-refractivity contribution in [2.75, 3.05) is 0 Å². The largest absolute Gasteiger partial charge is 0.478 e. The summed E-state index contributed by atoms with van der Waals surface area (Å²) < 4.78 is 0. The third kappa shape index (κ3) is 3.94. The minimum atomic E-state index is -0.953. The smallest absolute Gasteiger partial charge is 0.335 e. The first-order chi connectivity index (χ1) is 14.3. The molecule has 4 heteroatoms. The zero-order valence-electron chi connectivity index (χ0n) is 17.4. The number of carboxylic acids is 1. The van der Waals surface area contributed by atoms with Crippen LogP contribution in [0, 0.1) is 6.92 Å². The molecule has 1 aliphatic rings. The van der Waals surface area contributed by atoms with Crippen LogP contribution >= 0.6 is 0 Å². The van der Waals surface area contributed by atoms with Gasteiger partial charge in [0, 0.05) is 0 Å². The molecule has 0 fully saturated rings. The Morgan fingerprint density at radius 3 is 2.20 bits per heavy atom. The van der Waals surface area contributed by atoms with Crippen LogP contribution in [-0.4, -0.2) is 11.1 Å². The van der Waals surface area contributed by atoms with E-state index in [2.05, 4.69) is 73.5 Å². The molecule has 0 atom stereocenters. The summed E-state index contributed by atoms with van der Waals surface area (Å²) in [6, 6.07) is 21.2.